The molecule has 1 aromatic carbocycles. The van der Waals surface area contributed by atoms with Gasteiger partial charge in [-0.1, -0.05) is 30.4 Å². The highest BCUT2D eigenvalue weighted by molar-refractivity contribution is 5.78. The third-order valence-electron chi connectivity index (χ3n) is 1.73. The largest absolute Gasteiger partial charge is 0.545 e. The second-order valence-electron chi connectivity index (χ2n) is 2.81. The maximum atomic E-state index is 10.1. The average molecular weight is 203 g/mol. The van der Waals surface area contributed by atoms with E-state index in [9.17, 15) is 9.90 Å². The standard InChI is InChI=1S/C12H12O3/c1-15-11-7-4-6-10(9-11)5-2-3-8-12(13)14/h2-9H,1H3,(H,13,14)/p-1/b5-2+,8-3-. The Bertz CT molecular complexity index is 392. The summed E-state index contributed by atoms with van der Waals surface area (Å²) in [5.74, 6) is -0.439. The van der Waals surface area contributed by atoms with Crippen LogP contribution in [0.2, 0.25) is 0 Å². The Morgan fingerprint density at radius 1 is 1.40 bits per heavy atom. The number of hydrogen-bond acceptors (Lipinski definition) is 3. The molecule has 1 aromatic rings. The number of carboxylic acids is 1. The maximum absolute atomic E-state index is 10.1. The number of carbonyl (C=O) groups excluding carboxylic acids is 1. The topological polar surface area (TPSA) is 49.4 Å². The number of carbonyl (C=O) groups is 1. The number of aliphatic carboxylic acids is 1. The molecule has 0 aliphatic carbocycles. The smallest absolute Gasteiger partial charge is 0.119 e. The van der Waals surface area contributed by atoms with E-state index in [1.807, 2.05) is 24.3 Å². The quantitative estimate of drug-likeness (QED) is 0.542. The van der Waals surface area contributed by atoms with E-state index in [-0.39, 0.29) is 0 Å². The lowest BCUT2D eigenvalue weighted by atomic mass is 10.2. The van der Waals surface area contributed by atoms with Crippen LogP contribution in [-0.4, -0.2) is 13.1 Å². The third-order valence-corrected chi connectivity index (χ3v) is 1.73. The lowest BCUT2D eigenvalue weighted by Crippen LogP contribution is -2.18. The first-order chi connectivity index (χ1) is 7.22. The van der Waals surface area contributed by atoms with Crippen LogP contribution in [0.3, 0.4) is 0 Å². The van der Waals surface area contributed by atoms with E-state index < -0.39 is 5.97 Å². The number of hydrogen-bond donors (Lipinski definition) is 0. The molecule has 0 fully saturated rings. The van der Waals surface area contributed by atoms with Crippen LogP contribution in [0.5, 0.6) is 5.75 Å². The molecule has 78 valence electrons. The molecule has 0 aliphatic heterocycles. The highest BCUT2D eigenvalue weighted by atomic mass is 16.5. The van der Waals surface area contributed by atoms with Crippen molar-refractivity contribution in [3.8, 4) is 5.75 Å². The van der Waals surface area contributed by atoms with Gasteiger partial charge in [0.1, 0.15) is 5.75 Å². The first kappa shape index (κ1) is 11.0. The summed E-state index contributed by atoms with van der Waals surface area (Å²) >= 11 is 0. The van der Waals surface area contributed by atoms with Gasteiger partial charge in [0.15, 0.2) is 0 Å². The van der Waals surface area contributed by atoms with Crippen molar-refractivity contribution in [2.24, 2.45) is 0 Å². The average Bonchev–Trinajstić information content (AvgIpc) is 2.24. The van der Waals surface area contributed by atoms with E-state index in [0.29, 0.717) is 0 Å². The summed E-state index contributed by atoms with van der Waals surface area (Å²) in [6.45, 7) is 0. The van der Waals surface area contributed by atoms with Gasteiger partial charge in [-0.15, -0.1) is 0 Å². The Balaban J connectivity index is 2.67. The van der Waals surface area contributed by atoms with Crippen LogP contribution in [0.4, 0.5) is 0 Å². The van der Waals surface area contributed by atoms with E-state index >= 15 is 0 Å². The molecule has 0 radical (unpaired) electrons. The van der Waals surface area contributed by atoms with Gasteiger partial charge in [-0.2, -0.15) is 0 Å². The summed E-state index contributed by atoms with van der Waals surface area (Å²) in [4.78, 5) is 10.1. The zero-order chi connectivity index (χ0) is 11.1. The molecule has 3 nitrogen and oxygen atoms in total. The Kier molecular flexibility index (Phi) is 4.16. The number of allylic oxidation sites excluding steroid dienone is 2. The van der Waals surface area contributed by atoms with E-state index in [4.69, 9.17) is 4.74 Å². The van der Waals surface area contributed by atoms with Crippen LogP contribution >= 0.6 is 0 Å². The Hall–Kier alpha value is -2.03. The van der Waals surface area contributed by atoms with Crippen molar-refractivity contribution in [2.75, 3.05) is 7.11 Å². The van der Waals surface area contributed by atoms with E-state index in [1.54, 1.807) is 19.3 Å². The van der Waals surface area contributed by atoms with Crippen LogP contribution in [0, 0.1) is 0 Å². The highest BCUT2D eigenvalue weighted by Crippen LogP contribution is 2.13. The molecule has 0 N–H and O–H groups in total. The number of rotatable bonds is 4. The summed E-state index contributed by atoms with van der Waals surface area (Å²) in [5, 5.41) is 10.1. The maximum Gasteiger partial charge on any atom is 0.119 e. The van der Waals surface area contributed by atoms with Gasteiger partial charge in [-0.25, -0.2) is 0 Å². The minimum atomic E-state index is -1.20. The second kappa shape index (κ2) is 5.65. The van der Waals surface area contributed by atoms with Gasteiger partial charge in [0.25, 0.3) is 0 Å². The minimum Gasteiger partial charge on any atom is -0.545 e. The first-order valence-corrected chi connectivity index (χ1v) is 4.42. The van der Waals surface area contributed by atoms with Crippen LogP contribution in [-0.2, 0) is 4.79 Å². The Morgan fingerprint density at radius 2 is 2.20 bits per heavy atom. The van der Waals surface area contributed by atoms with Crippen molar-refractivity contribution in [3.05, 3.63) is 48.1 Å². The van der Waals surface area contributed by atoms with Gasteiger partial charge in [0, 0.05) is 0 Å². The molecule has 0 amide bonds. The second-order valence-corrected chi connectivity index (χ2v) is 2.81. The van der Waals surface area contributed by atoms with E-state index in [0.717, 1.165) is 17.4 Å². The monoisotopic (exact) mass is 203 g/mol. The zero-order valence-electron chi connectivity index (χ0n) is 8.34. The van der Waals surface area contributed by atoms with Crippen molar-refractivity contribution < 1.29 is 14.6 Å². The molecule has 0 unspecified atom stereocenters. The summed E-state index contributed by atoms with van der Waals surface area (Å²) in [6, 6.07) is 7.45. The number of methoxy groups -OCH3 is 1. The van der Waals surface area contributed by atoms with Crippen molar-refractivity contribution in [1.82, 2.24) is 0 Å². The fourth-order valence-corrected chi connectivity index (χ4v) is 1.05. The molecule has 0 spiro atoms. The summed E-state index contributed by atoms with van der Waals surface area (Å²) < 4.78 is 5.04. The van der Waals surface area contributed by atoms with Gasteiger partial charge in [0.05, 0.1) is 13.1 Å². The summed E-state index contributed by atoms with van der Waals surface area (Å²) in [5.41, 5.74) is 0.942. The van der Waals surface area contributed by atoms with Crippen LogP contribution in [0.25, 0.3) is 6.08 Å². The van der Waals surface area contributed by atoms with Crippen LogP contribution < -0.4 is 9.84 Å². The molecule has 0 aromatic heterocycles. The number of benzene rings is 1. The predicted molar refractivity (Wildman–Crippen MR) is 56.2 cm³/mol. The Labute approximate surface area is 88.3 Å². The predicted octanol–water partition coefficient (Wildman–Crippen LogP) is 1.01. The fourth-order valence-electron chi connectivity index (χ4n) is 1.05. The van der Waals surface area contributed by atoms with Crippen molar-refractivity contribution in [2.45, 2.75) is 0 Å². The molecule has 0 saturated heterocycles. The van der Waals surface area contributed by atoms with Crippen LogP contribution in [0.15, 0.2) is 42.5 Å². The SMILES string of the molecule is COc1cccc(/C=C/C=C\C(=O)[O-])c1. The zero-order valence-corrected chi connectivity index (χ0v) is 8.34. The summed E-state index contributed by atoms with van der Waals surface area (Å²) in [7, 11) is 1.60. The lowest BCUT2D eigenvalue weighted by molar-refractivity contribution is -0.297. The van der Waals surface area contributed by atoms with E-state index in [2.05, 4.69) is 0 Å². The first-order valence-electron chi connectivity index (χ1n) is 4.42. The van der Waals surface area contributed by atoms with Gasteiger partial charge in [-0.3, -0.25) is 0 Å². The van der Waals surface area contributed by atoms with Crippen molar-refractivity contribution >= 4 is 12.0 Å². The van der Waals surface area contributed by atoms with Crippen molar-refractivity contribution in [3.63, 3.8) is 0 Å². The lowest BCUT2D eigenvalue weighted by Gasteiger charge is -1.99. The number of carboxylic acid groups (broad SMARTS) is 1. The normalized spacial score (nSPS) is 11.0. The third kappa shape index (κ3) is 4.13. The molecule has 0 saturated carbocycles. The molecule has 15 heavy (non-hydrogen) atoms. The summed E-state index contributed by atoms with van der Waals surface area (Å²) in [6.07, 6.45) is 5.79. The minimum absolute atomic E-state index is 0.765. The van der Waals surface area contributed by atoms with Gasteiger partial charge < -0.3 is 14.6 Å². The van der Waals surface area contributed by atoms with Gasteiger partial charge >= 0.3 is 0 Å². The molecule has 0 aliphatic rings. The molecule has 3 heteroatoms. The molecule has 0 bridgehead atoms. The molecule has 0 heterocycles. The number of ether oxygens (including phenoxy) is 1. The molecule has 0 atom stereocenters. The van der Waals surface area contributed by atoms with Gasteiger partial charge in [0.2, 0.25) is 0 Å². The highest BCUT2D eigenvalue weighted by Gasteiger charge is 1.89. The fraction of sp³-hybridized carbons (Fsp3) is 0.0833. The van der Waals surface area contributed by atoms with Crippen LogP contribution in [0.1, 0.15) is 5.56 Å². The molecular weight excluding hydrogens is 192 g/mol. The van der Waals surface area contributed by atoms with E-state index in [1.165, 1.54) is 6.08 Å². The Morgan fingerprint density at radius 3 is 2.87 bits per heavy atom. The molecular formula is C12H11O3-. The van der Waals surface area contributed by atoms with Gasteiger partial charge in [-0.05, 0) is 23.8 Å². The molecule has 1 rings (SSSR count). The van der Waals surface area contributed by atoms with Crippen molar-refractivity contribution in [1.29, 1.82) is 0 Å².